The number of benzene rings is 2. The summed E-state index contributed by atoms with van der Waals surface area (Å²) < 4.78 is 6.28. The SMILES string of the molecule is CCCNC(=O)c1cc(Nc2ncc3cccc(OC4CCNCC4)c3n2)cc2[nH]ncc12. The number of hydrogen-bond acceptors (Lipinski definition) is 7. The second-order valence-corrected chi connectivity index (χ2v) is 8.19. The minimum atomic E-state index is -0.135. The number of amides is 1. The average Bonchev–Trinajstić information content (AvgIpc) is 3.32. The number of piperidine rings is 1. The van der Waals surface area contributed by atoms with Crippen LogP contribution in [0, 0.1) is 0 Å². The van der Waals surface area contributed by atoms with E-state index in [2.05, 4.69) is 31.1 Å². The van der Waals surface area contributed by atoms with Gasteiger partial charge in [-0.05, 0) is 50.6 Å². The van der Waals surface area contributed by atoms with Crippen molar-refractivity contribution >= 4 is 39.3 Å². The molecule has 0 saturated carbocycles. The predicted molar refractivity (Wildman–Crippen MR) is 128 cm³/mol. The number of H-pyrrole nitrogens is 1. The number of nitrogens with zero attached hydrogens (tertiary/aromatic N) is 3. The van der Waals surface area contributed by atoms with Crippen LogP contribution in [0.3, 0.4) is 0 Å². The number of carbonyl (C=O) groups is 1. The van der Waals surface area contributed by atoms with Crippen molar-refractivity contribution in [1.29, 1.82) is 0 Å². The van der Waals surface area contributed by atoms with Crippen molar-refractivity contribution in [3.8, 4) is 5.75 Å². The van der Waals surface area contributed by atoms with E-state index < -0.39 is 0 Å². The van der Waals surface area contributed by atoms with Crippen LogP contribution in [0.1, 0.15) is 36.5 Å². The fourth-order valence-corrected chi connectivity index (χ4v) is 4.05. The third-order valence-corrected chi connectivity index (χ3v) is 5.75. The number of aromatic amines is 1. The maximum Gasteiger partial charge on any atom is 0.252 e. The monoisotopic (exact) mass is 445 g/mol. The zero-order valence-corrected chi connectivity index (χ0v) is 18.5. The third-order valence-electron chi connectivity index (χ3n) is 5.75. The summed E-state index contributed by atoms with van der Waals surface area (Å²) >= 11 is 0. The molecule has 1 aliphatic rings. The molecule has 4 N–H and O–H groups in total. The highest BCUT2D eigenvalue weighted by molar-refractivity contribution is 6.07. The van der Waals surface area contributed by atoms with Crippen molar-refractivity contribution in [2.45, 2.75) is 32.3 Å². The summed E-state index contributed by atoms with van der Waals surface area (Å²) in [7, 11) is 0. The molecule has 1 aliphatic heterocycles. The van der Waals surface area contributed by atoms with Gasteiger partial charge >= 0.3 is 0 Å². The molecular formula is C24H27N7O2. The Morgan fingerprint density at radius 2 is 2.09 bits per heavy atom. The molecule has 33 heavy (non-hydrogen) atoms. The van der Waals surface area contributed by atoms with E-state index in [4.69, 9.17) is 9.72 Å². The normalized spacial score (nSPS) is 14.5. The molecule has 0 aliphatic carbocycles. The maximum atomic E-state index is 12.7. The van der Waals surface area contributed by atoms with Crippen LogP contribution in [0.4, 0.5) is 11.6 Å². The van der Waals surface area contributed by atoms with Gasteiger partial charge in [0.15, 0.2) is 0 Å². The fraction of sp³-hybridized carbons (Fsp3) is 0.333. The standard InChI is InChI=1S/C24H27N7O2/c1-2-8-26-23(32)18-11-16(12-20-19(18)14-28-31-20)29-24-27-13-15-4-3-5-21(22(15)30-24)33-17-6-9-25-10-7-17/h3-5,11-14,17,25H,2,6-10H2,1H3,(H,26,32)(H,28,31)(H,27,29,30). The molecule has 4 aromatic rings. The molecule has 2 aromatic carbocycles. The van der Waals surface area contributed by atoms with E-state index in [9.17, 15) is 4.79 Å². The Morgan fingerprint density at radius 3 is 2.94 bits per heavy atom. The first-order valence-electron chi connectivity index (χ1n) is 11.4. The van der Waals surface area contributed by atoms with Crippen molar-refractivity contribution in [3.05, 3.63) is 48.3 Å². The zero-order chi connectivity index (χ0) is 22.6. The predicted octanol–water partition coefficient (Wildman–Crippen LogP) is 3.52. The van der Waals surface area contributed by atoms with Gasteiger partial charge in [-0.25, -0.2) is 9.97 Å². The molecule has 9 heteroatoms. The number of rotatable bonds is 7. The summed E-state index contributed by atoms with van der Waals surface area (Å²) in [6.07, 6.45) is 6.43. The average molecular weight is 446 g/mol. The number of ether oxygens (including phenoxy) is 1. The minimum Gasteiger partial charge on any atom is -0.488 e. The van der Waals surface area contributed by atoms with Crippen LogP contribution in [0.2, 0.25) is 0 Å². The number of hydrogen-bond donors (Lipinski definition) is 4. The van der Waals surface area contributed by atoms with Crippen LogP contribution < -0.4 is 20.7 Å². The van der Waals surface area contributed by atoms with Crippen LogP contribution in [-0.2, 0) is 0 Å². The lowest BCUT2D eigenvalue weighted by molar-refractivity contribution is 0.0955. The van der Waals surface area contributed by atoms with E-state index in [1.807, 2.05) is 31.2 Å². The fourth-order valence-electron chi connectivity index (χ4n) is 4.05. The molecule has 1 saturated heterocycles. The number of para-hydroxylation sites is 1. The first-order chi connectivity index (χ1) is 16.2. The molecule has 5 rings (SSSR count). The largest absolute Gasteiger partial charge is 0.488 e. The molecule has 0 radical (unpaired) electrons. The van der Waals surface area contributed by atoms with Crippen molar-refractivity contribution in [2.75, 3.05) is 25.0 Å². The van der Waals surface area contributed by atoms with E-state index >= 15 is 0 Å². The summed E-state index contributed by atoms with van der Waals surface area (Å²) in [6.45, 7) is 4.55. The molecule has 1 amide bonds. The van der Waals surface area contributed by atoms with Crippen molar-refractivity contribution in [1.82, 2.24) is 30.8 Å². The van der Waals surface area contributed by atoms with E-state index in [0.29, 0.717) is 23.7 Å². The van der Waals surface area contributed by atoms with E-state index in [-0.39, 0.29) is 12.0 Å². The molecule has 0 unspecified atom stereocenters. The van der Waals surface area contributed by atoms with E-state index in [0.717, 1.165) is 59.9 Å². The van der Waals surface area contributed by atoms with Crippen LogP contribution in [0.15, 0.2) is 42.7 Å². The highest BCUT2D eigenvalue weighted by Crippen LogP contribution is 2.28. The molecule has 9 nitrogen and oxygen atoms in total. The number of fused-ring (bicyclic) bond motifs is 2. The molecule has 170 valence electrons. The third kappa shape index (κ3) is 4.58. The first-order valence-corrected chi connectivity index (χ1v) is 11.4. The molecule has 2 aromatic heterocycles. The molecule has 0 bridgehead atoms. The number of nitrogens with one attached hydrogen (secondary N) is 4. The van der Waals surface area contributed by atoms with Gasteiger partial charge in [-0.2, -0.15) is 5.10 Å². The number of carbonyl (C=O) groups excluding carboxylic acids is 1. The summed E-state index contributed by atoms with van der Waals surface area (Å²) in [5.41, 5.74) is 2.77. The second-order valence-electron chi connectivity index (χ2n) is 8.19. The molecule has 0 spiro atoms. The summed E-state index contributed by atoms with van der Waals surface area (Å²) in [6, 6.07) is 9.58. The second kappa shape index (κ2) is 9.41. The Bertz CT molecular complexity index is 1280. The quantitative estimate of drug-likeness (QED) is 0.344. The van der Waals surface area contributed by atoms with Gasteiger partial charge in [0.1, 0.15) is 17.4 Å². The highest BCUT2D eigenvalue weighted by Gasteiger charge is 2.17. The molecule has 3 heterocycles. The topological polar surface area (TPSA) is 117 Å². The lowest BCUT2D eigenvalue weighted by atomic mass is 10.1. The van der Waals surface area contributed by atoms with Gasteiger partial charge in [0.05, 0.1) is 17.3 Å². The van der Waals surface area contributed by atoms with Gasteiger partial charge in [-0.1, -0.05) is 19.1 Å². The highest BCUT2D eigenvalue weighted by atomic mass is 16.5. The molecule has 0 atom stereocenters. The van der Waals surface area contributed by atoms with Gasteiger partial charge < -0.3 is 20.7 Å². The summed E-state index contributed by atoms with van der Waals surface area (Å²) in [4.78, 5) is 21.9. The number of aromatic nitrogens is 4. The van der Waals surface area contributed by atoms with Crippen LogP contribution in [0.25, 0.3) is 21.8 Å². The van der Waals surface area contributed by atoms with E-state index in [1.54, 1.807) is 18.5 Å². The summed E-state index contributed by atoms with van der Waals surface area (Å²) in [5.74, 6) is 1.06. The summed E-state index contributed by atoms with van der Waals surface area (Å²) in [5, 5.41) is 18.3. The first kappa shape index (κ1) is 21.1. The molecule has 1 fully saturated rings. The zero-order valence-electron chi connectivity index (χ0n) is 18.5. The molecular weight excluding hydrogens is 418 g/mol. The van der Waals surface area contributed by atoms with Crippen molar-refractivity contribution in [3.63, 3.8) is 0 Å². The van der Waals surface area contributed by atoms with Crippen LogP contribution in [-0.4, -0.2) is 51.8 Å². The Kier molecular flexibility index (Phi) is 6.03. The van der Waals surface area contributed by atoms with Gasteiger partial charge in [0.2, 0.25) is 5.95 Å². The lowest BCUT2D eigenvalue weighted by Gasteiger charge is -2.24. The van der Waals surface area contributed by atoms with Gasteiger partial charge in [0, 0.05) is 29.2 Å². The van der Waals surface area contributed by atoms with Crippen molar-refractivity contribution in [2.24, 2.45) is 0 Å². The maximum absolute atomic E-state index is 12.7. The van der Waals surface area contributed by atoms with Gasteiger partial charge in [0.25, 0.3) is 5.91 Å². The Hall–Kier alpha value is -3.72. The van der Waals surface area contributed by atoms with Crippen LogP contribution >= 0.6 is 0 Å². The Morgan fingerprint density at radius 1 is 1.21 bits per heavy atom. The van der Waals surface area contributed by atoms with Gasteiger partial charge in [-0.15, -0.1) is 0 Å². The Labute approximate surface area is 191 Å². The Balaban J connectivity index is 1.45. The minimum absolute atomic E-state index is 0.135. The van der Waals surface area contributed by atoms with E-state index in [1.165, 1.54) is 0 Å². The van der Waals surface area contributed by atoms with Crippen LogP contribution in [0.5, 0.6) is 5.75 Å². The van der Waals surface area contributed by atoms with Crippen molar-refractivity contribution < 1.29 is 9.53 Å². The number of anilines is 2. The lowest BCUT2D eigenvalue weighted by Crippen LogP contribution is -2.34. The smallest absolute Gasteiger partial charge is 0.252 e. The van der Waals surface area contributed by atoms with Gasteiger partial charge in [-0.3, -0.25) is 9.89 Å².